The summed E-state index contributed by atoms with van der Waals surface area (Å²) in [7, 11) is -0.279. The van der Waals surface area contributed by atoms with Crippen molar-refractivity contribution in [2.24, 2.45) is 5.92 Å². The molecular weight excluding hydrogens is 239 g/mol. The van der Waals surface area contributed by atoms with Crippen LogP contribution in [-0.4, -0.2) is 28.1 Å². The van der Waals surface area contributed by atoms with E-state index in [4.69, 9.17) is 9.31 Å². The zero-order valence-corrected chi connectivity index (χ0v) is 12.6. The van der Waals surface area contributed by atoms with Crippen molar-refractivity contribution in [3.05, 3.63) is 11.9 Å². The van der Waals surface area contributed by atoms with Gasteiger partial charge in [-0.2, -0.15) is 5.10 Å². The molecule has 3 rings (SSSR count). The molecule has 1 atom stereocenters. The van der Waals surface area contributed by atoms with Gasteiger partial charge in [-0.3, -0.25) is 4.68 Å². The van der Waals surface area contributed by atoms with Crippen LogP contribution in [0.3, 0.4) is 0 Å². The Kier molecular flexibility index (Phi) is 2.84. The van der Waals surface area contributed by atoms with Gasteiger partial charge in [0.25, 0.3) is 0 Å². The van der Waals surface area contributed by atoms with E-state index in [0.29, 0.717) is 5.92 Å². The van der Waals surface area contributed by atoms with E-state index in [1.807, 2.05) is 6.20 Å². The van der Waals surface area contributed by atoms with Gasteiger partial charge >= 0.3 is 7.12 Å². The molecule has 0 radical (unpaired) electrons. The second-order valence-electron chi connectivity index (χ2n) is 6.96. The molecule has 3 heterocycles. The second kappa shape index (κ2) is 4.09. The SMILES string of the molecule is C[C@H]1CCn2ncc(B3OC(C)(C)C(C)(C)O3)c2C1. The number of hydrogen-bond donors (Lipinski definition) is 0. The van der Waals surface area contributed by atoms with Crippen molar-refractivity contribution in [3.8, 4) is 0 Å². The predicted molar refractivity (Wildman–Crippen MR) is 75.4 cm³/mol. The smallest absolute Gasteiger partial charge is 0.399 e. The first kappa shape index (κ1) is 13.2. The molecule has 104 valence electrons. The second-order valence-corrected chi connectivity index (χ2v) is 6.96. The lowest BCUT2D eigenvalue weighted by molar-refractivity contribution is 0.00578. The van der Waals surface area contributed by atoms with Crippen LogP contribution in [0.4, 0.5) is 0 Å². The van der Waals surface area contributed by atoms with Crippen LogP contribution in [0, 0.1) is 5.92 Å². The molecule has 2 aliphatic heterocycles. The van der Waals surface area contributed by atoms with Gasteiger partial charge in [-0.15, -0.1) is 0 Å². The Bertz CT molecular complexity index is 480. The standard InChI is InChI=1S/C14H23BN2O2/c1-10-6-7-17-12(8-10)11(9-16-17)15-18-13(2,3)14(4,5)19-15/h9-10H,6-8H2,1-5H3/t10-/m0/s1. The Labute approximate surface area is 115 Å². The van der Waals surface area contributed by atoms with E-state index in [1.165, 1.54) is 12.1 Å². The highest BCUT2D eigenvalue weighted by atomic mass is 16.7. The quantitative estimate of drug-likeness (QED) is 0.724. The monoisotopic (exact) mass is 262 g/mol. The molecule has 0 aromatic carbocycles. The van der Waals surface area contributed by atoms with Crippen LogP contribution in [0.25, 0.3) is 0 Å². The van der Waals surface area contributed by atoms with Crippen molar-refractivity contribution in [1.82, 2.24) is 9.78 Å². The summed E-state index contributed by atoms with van der Waals surface area (Å²) in [5.74, 6) is 0.713. The molecule has 1 saturated heterocycles. The average Bonchev–Trinajstić information content (AvgIpc) is 2.77. The van der Waals surface area contributed by atoms with Gasteiger partial charge in [0, 0.05) is 23.9 Å². The zero-order valence-electron chi connectivity index (χ0n) is 12.6. The Morgan fingerprint density at radius 1 is 1.26 bits per heavy atom. The third-order valence-electron chi connectivity index (χ3n) is 4.86. The van der Waals surface area contributed by atoms with Crippen LogP contribution >= 0.6 is 0 Å². The molecule has 1 fully saturated rings. The van der Waals surface area contributed by atoms with E-state index < -0.39 is 0 Å². The molecule has 0 amide bonds. The van der Waals surface area contributed by atoms with Crippen LogP contribution in [0.1, 0.15) is 46.7 Å². The molecule has 0 saturated carbocycles. The molecule has 2 aliphatic rings. The van der Waals surface area contributed by atoms with Gasteiger partial charge in [-0.1, -0.05) is 6.92 Å². The number of rotatable bonds is 1. The first-order valence-corrected chi connectivity index (χ1v) is 7.20. The normalized spacial score (nSPS) is 28.5. The molecular formula is C14H23BN2O2. The molecule has 4 nitrogen and oxygen atoms in total. The Morgan fingerprint density at radius 3 is 2.53 bits per heavy atom. The minimum atomic E-state index is -0.285. The summed E-state index contributed by atoms with van der Waals surface area (Å²) < 4.78 is 14.4. The van der Waals surface area contributed by atoms with Crippen molar-refractivity contribution in [1.29, 1.82) is 0 Å². The van der Waals surface area contributed by atoms with E-state index in [2.05, 4.69) is 44.4 Å². The molecule has 1 aromatic heterocycles. The molecule has 0 bridgehead atoms. The Hall–Kier alpha value is -0.805. The molecule has 0 spiro atoms. The predicted octanol–water partition coefficient (Wildman–Crippen LogP) is 1.76. The van der Waals surface area contributed by atoms with Gasteiger partial charge in [0.05, 0.1) is 11.2 Å². The lowest BCUT2D eigenvalue weighted by Gasteiger charge is -2.32. The van der Waals surface area contributed by atoms with Crippen molar-refractivity contribution in [2.45, 2.75) is 65.2 Å². The van der Waals surface area contributed by atoms with Gasteiger partial charge in [0.2, 0.25) is 0 Å². The molecule has 1 aromatic rings. The van der Waals surface area contributed by atoms with Gasteiger partial charge in [-0.05, 0) is 46.5 Å². The van der Waals surface area contributed by atoms with E-state index in [1.54, 1.807) is 0 Å². The first-order chi connectivity index (χ1) is 8.80. The maximum atomic E-state index is 6.13. The van der Waals surface area contributed by atoms with Crippen LogP contribution in [0.15, 0.2) is 6.20 Å². The molecule has 5 heteroatoms. The van der Waals surface area contributed by atoms with Crippen LogP contribution in [0.2, 0.25) is 0 Å². The number of aryl methyl sites for hydroxylation is 1. The molecule has 0 aliphatic carbocycles. The highest BCUT2D eigenvalue weighted by Gasteiger charge is 2.52. The highest BCUT2D eigenvalue weighted by Crippen LogP contribution is 2.37. The largest absolute Gasteiger partial charge is 0.498 e. The van der Waals surface area contributed by atoms with Crippen molar-refractivity contribution in [3.63, 3.8) is 0 Å². The van der Waals surface area contributed by atoms with E-state index >= 15 is 0 Å². The fourth-order valence-corrected chi connectivity index (χ4v) is 2.78. The zero-order chi connectivity index (χ0) is 13.8. The van der Waals surface area contributed by atoms with E-state index in [9.17, 15) is 0 Å². The lowest BCUT2D eigenvalue weighted by Crippen LogP contribution is -2.41. The van der Waals surface area contributed by atoms with Gasteiger partial charge in [0.1, 0.15) is 0 Å². The fourth-order valence-electron chi connectivity index (χ4n) is 2.78. The van der Waals surface area contributed by atoms with Gasteiger partial charge in [0.15, 0.2) is 0 Å². The maximum absolute atomic E-state index is 6.13. The van der Waals surface area contributed by atoms with Crippen molar-refractivity contribution < 1.29 is 9.31 Å². The molecule has 0 unspecified atom stereocenters. The third-order valence-corrected chi connectivity index (χ3v) is 4.86. The summed E-state index contributed by atoms with van der Waals surface area (Å²) in [4.78, 5) is 0. The van der Waals surface area contributed by atoms with Crippen molar-refractivity contribution >= 4 is 12.6 Å². The number of aromatic nitrogens is 2. The summed E-state index contributed by atoms with van der Waals surface area (Å²) in [6, 6.07) is 0. The Morgan fingerprint density at radius 2 is 1.89 bits per heavy atom. The van der Waals surface area contributed by atoms with Gasteiger partial charge < -0.3 is 9.31 Å². The number of hydrogen-bond acceptors (Lipinski definition) is 3. The van der Waals surface area contributed by atoms with Crippen LogP contribution in [0.5, 0.6) is 0 Å². The van der Waals surface area contributed by atoms with Crippen molar-refractivity contribution in [2.75, 3.05) is 0 Å². The number of nitrogens with zero attached hydrogens (tertiary/aromatic N) is 2. The minimum Gasteiger partial charge on any atom is -0.399 e. The van der Waals surface area contributed by atoms with Crippen LogP contribution in [-0.2, 0) is 22.3 Å². The first-order valence-electron chi connectivity index (χ1n) is 7.20. The maximum Gasteiger partial charge on any atom is 0.498 e. The van der Waals surface area contributed by atoms with Gasteiger partial charge in [-0.25, -0.2) is 0 Å². The van der Waals surface area contributed by atoms with E-state index in [0.717, 1.165) is 18.4 Å². The molecule has 0 N–H and O–H groups in total. The Balaban J connectivity index is 1.91. The lowest BCUT2D eigenvalue weighted by atomic mass is 9.77. The topological polar surface area (TPSA) is 36.3 Å². The summed E-state index contributed by atoms with van der Waals surface area (Å²) in [5, 5.41) is 4.49. The number of fused-ring (bicyclic) bond motifs is 1. The summed E-state index contributed by atoms with van der Waals surface area (Å²) in [6.45, 7) is 11.7. The fraction of sp³-hybridized carbons (Fsp3) is 0.786. The minimum absolute atomic E-state index is 0.279. The summed E-state index contributed by atoms with van der Waals surface area (Å²) in [6.07, 6.45) is 4.20. The average molecular weight is 262 g/mol. The summed E-state index contributed by atoms with van der Waals surface area (Å²) >= 11 is 0. The molecule has 19 heavy (non-hydrogen) atoms. The van der Waals surface area contributed by atoms with E-state index in [-0.39, 0.29) is 18.3 Å². The highest BCUT2D eigenvalue weighted by molar-refractivity contribution is 6.62. The summed E-state index contributed by atoms with van der Waals surface area (Å²) in [5.41, 5.74) is 1.84. The third kappa shape index (κ3) is 2.03. The van der Waals surface area contributed by atoms with Crippen LogP contribution < -0.4 is 5.46 Å².